The second kappa shape index (κ2) is 10.8. The van der Waals surface area contributed by atoms with Crippen LogP contribution in [0.3, 0.4) is 0 Å². The number of nitriles is 1. The molecule has 0 bridgehead atoms. The Hall–Kier alpha value is -3.59. The lowest BCUT2D eigenvalue weighted by Crippen LogP contribution is -2.41. The zero-order valence-corrected chi connectivity index (χ0v) is 19.8. The van der Waals surface area contributed by atoms with E-state index in [0.717, 1.165) is 36.8 Å². The van der Waals surface area contributed by atoms with Gasteiger partial charge in [-0.25, -0.2) is 0 Å². The topological polar surface area (TPSA) is 72.3 Å². The molecule has 2 heterocycles. The Morgan fingerprint density at radius 2 is 1.60 bits per heavy atom. The first-order chi connectivity index (χ1) is 17.2. The maximum Gasteiger partial charge on any atom is 0.128 e. The predicted octanol–water partition coefficient (Wildman–Crippen LogP) is 5.32. The number of nitrogens with zero attached hydrogens (tertiary/aromatic N) is 2. The van der Waals surface area contributed by atoms with Crippen LogP contribution in [-0.4, -0.2) is 47.3 Å². The molecule has 1 aromatic heterocycles. The molecule has 5 rings (SSSR count). The number of β-amino-alcohol motifs (C(OH)–C–C–N with tert-alkyl or cyclic N) is 1. The molecule has 0 radical (unpaired) electrons. The zero-order chi connectivity index (χ0) is 24.0. The van der Waals surface area contributed by atoms with Gasteiger partial charge in [0.1, 0.15) is 30.2 Å². The summed E-state index contributed by atoms with van der Waals surface area (Å²) < 4.78 is 5.95. The van der Waals surface area contributed by atoms with Gasteiger partial charge in [0, 0.05) is 17.8 Å². The number of hydrogen-bond acceptors (Lipinski definition) is 4. The van der Waals surface area contributed by atoms with E-state index in [2.05, 4.69) is 76.6 Å². The van der Waals surface area contributed by atoms with Crippen molar-refractivity contribution in [3.05, 3.63) is 102 Å². The molecule has 5 heteroatoms. The van der Waals surface area contributed by atoms with E-state index < -0.39 is 6.10 Å². The number of aromatic amines is 1. The lowest BCUT2D eigenvalue weighted by Gasteiger charge is -2.37. The molecule has 3 aromatic carbocycles. The van der Waals surface area contributed by atoms with Gasteiger partial charge >= 0.3 is 0 Å². The number of rotatable bonds is 8. The van der Waals surface area contributed by atoms with Crippen LogP contribution in [-0.2, 0) is 0 Å². The molecular formula is C30H31N3O2. The summed E-state index contributed by atoms with van der Waals surface area (Å²) in [6, 6.07) is 31.3. The van der Waals surface area contributed by atoms with E-state index in [1.54, 1.807) is 6.07 Å². The number of aromatic nitrogens is 1. The number of likely N-dealkylation sites (tertiary alicyclic amines) is 1. The Bertz CT molecular complexity index is 1230. The lowest BCUT2D eigenvalue weighted by molar-refractivity contribution is 0.0542. The number of benzene rings is 3. The quantitative estimate of drug-likeness (QED) is 0.369. The van der Waals surface area contributed by atoms with Crippen molar-refractivity contribution in [2.75, 3.05) is 26.2 Å². The van der Waals surface area contributed by atoms with Gasteiger partial charge in [0.15, 0.2) is 0 Å². The predicted molar refractivity (Wildman–Crippen MR) is 138 cm³/mol. The van der Waals surface area contributed by atoms with Crippen LogP contribution in [0.25, 0.3) is 10.9 Å². The smallest absolute Gasteiger partial charge is 0.128 e. The van der Waals surface area contributed by atoms with E-state index in [1.165, 1.54) is 11.1 Å². The van der Waals surface area contributed by atoms with Crippen molar-refractivity contribution in [1.29, 1.82) is 5.26 Å². The van der Waals surface area contributed by atoms with Crippen LogP contribution in [0, 0.1) is 17.2 Å². The molecular weight excluding hydrogens is 434 g/mol. The first-order valence-electron chi connectivity index (χ1n) is 12.4. The molecule has 4 aromatic rings. The SMILES string of the molecule is N#Cc1cc2c(OCC(O)CN3CCC(C(c4ccccc4)c4ccccc4)CC3)cccc2[nH]1. The fourth-order valence-corrected chi connectivity index (χ4v) is 5.38. The summed E-state index contributed by atoms with van der Waals surface area (Å²) in [7, 11) is 0. The largest absolute Gasteiger partial charge is 0.490 e. The Morgan fingerprint density at radius 1 is 0.943 bits per heavy atom. The van der Waals surface area contributed by atoms with Crippen molar-refractivity contribution in [2.24, 2.45) is 5.92 Å². The molecule has 1 aliphatic rings. The highest BCUT2D eigenvalue weighted by Crippen LogP contribution is 2.38. The van der Waals surface area contributed by atoms with Crippen LogP contribution in [0.15, 0.2) is 84.9 Å². The van der Waals surface area contributed by atoms with Crippen molar-refractivity contribution in [2.45, 2.75) is 24.9 Å². The van der Waals surface area contributed by atoms with Gasteiger partial charge in [-0.3, -0.25) is 0 Å². The maximum absolute atomic E-state index is 10.7. The fraction of sp³-hybridized carbons (Fsp3) is 0.300. The summed E-state index contributed by atoms with van der Waals surface area (Å²) in [5.41, 5.74) is 4.12. The van der Waals surface area contributed by atoms with Gasteiger partial charge in [-0.15, -0.1) is 0 Å². The molecule has 0 amide bonds. The van der Waals surface area contributed by atoms with Crippen LogP contribution in [0.2, 0.25) is 0 Å². The van der Waals surface area contributed by atoms with E-state index in [9.17, 15) is 5.11 Å². The van der Waals surface area contributed by atoms with Gasteiger partial charge in [0.05, 0.1) is 5.52 Å². The second-order valence-corrected chi connectivity index (χ2v) is 9.41. The molecule has 1 saturated heterocycles. The Labute approximate surface area is 206 Å². The van der Waals surface area contributed by atoms with Crippen molar-refractivity contribution < 1.29 is 9.84 Å². The fourth-order valence-electron chi connectivity index (χ4n) is 5.38. The summed E-state index contributed by atoms with van der Waals surface area (Å²) in [5.74, 6) is 1.66. The molecule has 1 fully saturated rings. The average Bonchev–Trinajstić information content (AvgIpc) is 3.34. The Morgan fingerprint density at radius 3 is 2.23 bits per heavy atom. The maximum atomic E-state index is 10.7. The molecule has 0 saturated carbocycles. The monoisotopic (exact) mass is 465 g/mol. The molecule has 1 unspecified atom stereocenters. The third-order valence-electron chi connectivity index (χ3n) is 7.07. The van der Waals surface area contributed by atoms with Crippen LogP contribution >= 0.6 is 0 Å². The summed E-state index contributed by atoms with van der Waals surface area (Å²) in [4.78, 5) is 5.41. The van der Waals surface area contributed by atoms with Gasteiger partial charge < -0.3 is 19.7 Å². The summed E-state index contributed by atoms with van der Waals surface area (Å²) in [5, 5.41) is 20.7. The number of fused-ring (bicyclic) bond motifs is 1. The van der Waals surface area contributed by atoms with E-state index in [-0.39, 0.29) is 6.61 Å². The second-order valence-electron chi connectivity index (χ2n) is 9.41. The van der Waals surface area contributed by atoms with Crippen molar-refractivity contribution in [1.82, 2.24) is 9.88 Å². The third-order valence-corrected chi connectivity index (χ3v) is 7.07. The summed E-state index contributed by atoms with van der Waals surface area (Å²) in [6.45, 7) is 2.76. The van der Waals surface area contributed by atoms with Crippen molar-refractivity contribution in [3.8, 4) is 11.8 Å². The molecule has 2 N–H and O–H groups in total. The molecule has 1 atom stereocenters. The number of aliphatic hydroxyl groups is 1. The number of aliphatic hydroxyl groups excluding tert-OH is 1. The van der Waals surface area contributed by atoms with E-state index in [0.29, 0.717) is 29.8 Å². The van der Waals surface area contributed by atoms with Crippen LogP contribution in [0.5, 0.6) is 5.75 Å². The lowest BCUT2D eigenvalue weighted by atomic mass is 9.76. The molecule has 0 spiro atoms. The zero-order valence-electron chi connectivity index (χ0n) is 19.8. The first-order valence-corrected chi connectivity index (χ1v) is 12.4. The number of ether oxygens (including phenoxy) is 1. The molecule has 5 nitrogen and oxygen atoms in total. The van der Waals surface area contributed by atoms with Crippen molar-refractivity contribution >= 4 is 10.9 Å². The molecule has 178 valence electrons. The van der Waals surface area contributed by atoms with Crippen LogP contribution in [0.1, 0.15) is 35.6 Å². The van der Waals surface area contributed by atoms with Gasteiger partial charge in [-0.05, 0) is 61.2 Å². The minimum Gasteiger partial charge on any atom is -0.490 e. The number of H-pyrrole nitrogens is 1. The average molecular weight is 466 g/mol. The van der Waals surface area contributed by atoms with E-state index in [4.69, 9.17) is 10.00 Å². The standard InChI is InChI=1S/C30H31N3O2/c31-19-25-18-27-28(32-25)12-7-13-29(27)35-21-26(34)20-33-16-14-24(15-17-33)30(22-8-3-1-4-9-22)23-10-5-2-6-11-23/h1-13,18,24,26,30,32,34H,14-17,20-21H2. The Kier molecular flexibility index (Phi) is 7.13. The highest BCUT2D eigenvalue weighted by molar-refractivity contribution is 5.87. The van der Waals surface area contributed by atoms with Gasteiger partial charge in [0.25, 0.3) is 0 Å². The van der Waals surface area contributed by atoms with Gasteiger partial charge in [0.2, 0.25) is 0 Å². The number of nitrogens with one attached hydrogen (secondary N) is 1. The third kappa shape index (κ3) is 5.40. The van der Waals surface area contributed by atoms with Crippen molar-refractivity contribution in [3.63, 3.8) is 0 Å². The molecule has 35 heavy (non-hydrogen) atoms. The van der Waals surface area contributed by atoms with E-state index >= 15 is 0 Å². The minimum absolute atomic E-state index is 0.225. The number of piperidine rings is 1. The van der Waals surface area contributed by atoms with Gasteiger partial charge in [-0.2, -0.15) is 5.26 Å². The van der Waals surface area contributed by atoms with Gasteiger partial charge in [-0.1, -0.05) is 66.7 Å². The Balaban J connectivity index is 1.18. The highest BCUT2D eigenvalue weighted by Gasteiger charge is 2.29. The molecule has 0 aliphatic carbocycles. The normalized spacial score (nSPS) is 15.8. The van der Waals surface area contributed by atoms with E-state index in [1.807, 2.05) is 18.2 Å². The summed E-state index contributed by atoms with van der Waals surface area (Å²) >= 11 is 0. The summed E-state index contributed by atoms with van der Waals surface area (Å²) in [6.07, 6.45) is 1.62. The first kappa shape index (κ1) is 23.2. The minimum atomic E-state index is -0.574. The van der Waals surface area contributed by atoms with Crippen LogP contribution in [0.4, 0.5) is 0 Å². The number of hydrogen-bond donors (Lipinski definition) is 2. The highest BCUT2D eigenvalue weighted by atomic mass is 16.5. The molecule has 1 aliphatic heterocycles. The van der Waals surface area contributed by atoms with Crippen LogP contribution < -0.4 is 4.74 Å².